The van der Waals surface area contributed by atoms with Crippen LogP contribution in [0.4, 0.5) is 0 Å². The lowest BCUT2D eigenvalue weighted by Crippen LogP contribution is -2.17. The van der Waals surface area contributed by atoms with Crippen molar-refractivity contribution >= 4 is 83.0 Å². The second kappa shape index (κ2) is 12.5. The molecule has 0 spiro atoms. The first-order valence-electron chi connectivity index (χ1n) is 20.0. The van der Waals surface area contributed by atoms with Gasteiger partial charge in [-0.25, -0.2) is 0 Å². The monoisotopic (exact) mass is 753 g/mol. The van der Waals surface area contributed by atoms with Gasteiger partial charge in [0.25, 0.3) is 5.56 Å². The van der Waals surface area contributed by atoms with Crippen molar-refractivity contribution in [3.63, 3.8) is 0 Å². The Morgan fingerprint density at radius 1 is 0.390 bits per heavy atom. The van der Waals surface area contributed by atoms with E-state index in [2.05, 4.69) is 198 Å². The minimum Gasteiger partial charge on any atom is -0.309 e. The fraction of sp³-hybridized carbons (Fsp3) is 0. The van der Waals surface area contributed by atoms with Gasteiger partial charge in [-0.15, -0.1) is 0 Å². The maximum atomic E-state index is 14.0. The molecular formula is C55H35N3O. The largest absolute Gasteiger partial charge is 0.309 e. The normalized spacial score (nSPS) is 11.9. The van der Waals surface area contributed by atoms with Crippen LogP contribution >= 0.6 is 0 Å². The number of hydrogen-bond donors (Lipinski definition) is 0. The Bertz CT molecular complexity index is 3770. The highest BCUT2D eigenvalue weighted by Crippen LogP contribution is 2.43. The number of para-hydroxylation sites is 4. The highest BCUT2D eigenvalue weighted by atomic mass is 16.1. The number of aromatic nitrogens is 3. The van der Waals surface area contributed by atoms with E-state index in [1.54, 1.807) is 12.2 Å². The molecular weight excluding hydrogens is 719 g/mol. The van der Waals surface area contributed by atoms with Crippen molar-refractivity contribution < 1.29 is 0 Å². The molecule has 59 heavy (non-hydrogen) atoms. The number of pyridine rings is 1. The van der Waals surface area contributed by atoms with E-state index in [1.165, 1.54) is 27.1 Å². The molecule has 0 N–H and O–H groups in total. The molecule has 0 saturated heterocycles. The van der Waals surface area contributed by atoms with Crippen LogP contribution in [-0.2, 0) is 0 Å². The molecule has 0 radical (unpaired) electrons. The number of hydrogen-bond acceptors (Lipinski definition) is 1. The summed E-state index contributed by atoms with van der Waals surface area (Å²) in [6.45, 7) is 8.04. The van der Waals surface area contributed by atoms with Crippen LogP contribution < -0.4 is 5.56 Å². The van der Waals surface area contributed by atoms with Crippen LogP contribution in [0.3, 0.4) is 0 Å². The molecule has 12 rings (SSSR count). The third-order valence-electron chi connectivity index (χ3n) is 12.3. The zero-order valence-electron chi connectivity index (χ0n) is 32.1. The first-order chi connectivity index (χ1) is 29.1. The van der Waals surface area contributed by atoms with Gasteiger partial charge in [-0.3, -0.25) is 9.20 Å². The molecule has 8 aromatic carbocycles. The minimum absolute atomic E-state index is 0.0809. The lowest BCUT2D eigenvalue weighted by molar-refractivity contribution is 1.17. The van der Waals surface area contributed by atoms with Crippen molar-refractivity contribution in [3.8, 4) is 33.6 Å². The summed E-state index contributed by atoms with van der Waals surface area (Å²) >= 11 is 0. The van der Waals surface area contributed by atoms with E-state index in [0.717, 1.165) is 82.9 Å². The molecule has 276 valence electrons. The molecule has 0 fully saturated rings. The summed E-state index contributed by atoms with van der Waals surface area (Å²) in [5, 5.41) is 7.93. The summed E-state index contributed by atoms with van der Waals surface area (Å²) in [7, 11) is 0. The van der Waals surface area contributed by atoms with Crippen LogP contribution in [-0.4, -0.2) is 13.5 Å². The number of rotatable bonds is 6. The lowest BCUT2D eigenvalue weighted by Gasteiger charge is -2.17. The Morgan fingerprint density at radius 2 is 0.966 bits per heavy atom. The Balaban J connectivity index is 1.16. The fourth-order valence-electron chi connectivity index (χ4n) is 9.78. The van der Waals surface area contributed by atoms with Crippen LogP contribution in [0, 0.1) is 0 Å². The second-order valence-electron chi connectivity index (χ2n) is 15.3. The van der Waals surface area contributed by atoms with Gasteiger partial charge in [0.15, 0.2) is 0 Å². The number of nitrogens with zero attached hydrogens (tertiary/aromatic N) is 3. The van der Waals surface area contributed by atoms with Gasteiger partial charge < -0.3 is 9.13 Å². The summed E-state index contributed by atoms with van der Waals surface area (Å²) in [6, 6.07) is 63.2. The Labute approximate surface area is 339 Å². The second-order valence-corrected chi connectivity index (χ2v) is 15.3. The SMILES string of the molecule is C=Cc1c(C=C)c2cccc3c4cc(-c5ccc(-c6ccccc6)c(-n6c7ccccc7c7cc8c9ccccc9n(-c9ccccc9)c8cc76)c5)ccc4n(c1=O)c23. The maximum absolute atomic E-state index is 14.0. The van der Waals surface area contributed by atoms with Crippen LogP contribution in [0.15, 0.2) is 194 Å². The zero-order chi connectivity index (χ0) is 39.4. The molecule has 0 bridgehead atoms. The van der Waals surface area contributed by atoms with Crippen molar-refractivity contribution in [2.24, 2.45) is 0 Å². The van der Waals surface area contributed by atoms with Gasteiger partial charge in [-0.2, -0.15) is 0 Å². The smallest absolute Gasteiger partial charge is 0.263 e. The van der Waals surface area contributed by atoms with E-state index >= 15 is 0 Å². The summed E-state index contributed by atoms with van der Waals surface area (Å²) in [5.41, 5.74) is 14.4. The van der Waals surface area contributed by atoms with Crippen LogP contribution in [0.25, 0.3) is 117 Å². The van der Waals surface area contributed by atoms with E-state index in [4.69, 9.17) is 0 Å². The average molecular weight is 754 g/mol. The minimum atomic E-state index is -0.0809. The van der Waals surface area contributed by atoms with E-state index in [-0.39, 0.29) is 5.56 Å². The third kappa shape index (κ3) is 4.63. The van der Waals surface area contributed by atoms with E-state index in [9.17, 15) is 4.79 Å². The molecule has 0 saturated carbocycles. The number of benzene rings is 8. The maximum Gasteiger partial charge on any atom is 0.263 e. The molecule has 12 aromatic rings. The molecule has 0 unspecified atom stereocenters. The third-order valence-corrected chi connectivity index (χ3v) is 12.3. The molecule has 4 heterocycles. The van der Waals surface area contributed by atoms with Crippen molar-refractivity contribution in [2.45, 2.75) is 0 Å². The molecule has 0 aliphatic carbocycles. The van der Waals surface area contributed by atoms with Gasteiger partial charge >= 0.3 is 0 Å². The highest BCUT2D eigenvalue weighted by Gasteiger charge is 2.22. The van der Waals surface area contributed by atoms with E-state index < -0.39 is 0 Å². The van der Waals surface area contributed by atoms with Gasteiger partial charge in [0.1, 0.15) is 0 Å². The van der Waals surface area contributed by atoms with Crippen LogP contribution in [0.1, 0.15) is 11.1 Å². The van der Waals surface area contributed by atoms with Gasteiger partial charge in [0.2, 0.25) is 0 Å². The average Bonchev–Trinajstić information content (AvgIpc) is 3.92. The predicted molar refractivity (Wildman–Crippen MR) is 250 cm³/mol. The standard InChI is InChI=1S/C55H35N3O/c1-3-38-39(4-2)55(59)58-50-29-27-35(30-45(50)44-23-15-22-43(38)54(44)58)36-26-28-40(34-16-7-5-8-17-34)51(31-36)57-49-25-14-12-21-42(49)47-32-46-41-20-11-13-24-48(41)56(52(46)33-53(47)57)37-18-9-6-10-19-37/h3-33H,1-2H2. The van der Waals surface area contributed by atoms with E-state index in [1.807, 2.05) is 4.40 Å². The Kier molecular flexibility index (Phi) is 7.05. The fourth-order valence-corrected chi connectivity index (χ4v) is 9.78. The Morgan fingerprint density at radius 3 is 1.69 bits per heavy atom. The van der Waals surface area contributed by atoms with E-state index in [0.29, 0.717) is 5.56 Å². The molecule has 4 aromatic heterocycles. The van der Waals surface area contributed by atoms with Crippen molar-refractivity contribution in [3.05, 3.63) is 211 Å². The topological polar surface area (TPSA) is 31.3 Å². The first-order valence-corrected chi connectivity index (χ1v) is 20.0. The first kappa shape index (κ1) is 33.2. The molecule has 0 amide bonds. The van der Waals surface area contributed by atoms with Gasteiger partial charge in [-0.1, -0.05) is 147 Å². The van der Waals surface area contributed by atoms with Crippen LogP contribution in [0.2, 0.25) is 0 Å². The molecule has 0 atom stereocenters. The summed E-state index contributed by atoms with van der Waals surface area (Å²) in [5.74, 6) is 0. The van der Waals surface area contributed by atoms with Gasteiger partial charge in [0, 0.05) is 54.5 Å². The van der Waals surface area contributed by atoms with Crippen molar-refractivity contribution in [2.75, 3.05) is 0 Å². The lowest BCUT2D eigenvalue weighted by atomic mass is 9.96. The molecule has 0 aliphatic heterocycles. The van der Waals surface area contributed by atoms with Crippen LogP contribution in [0.5, 0.6) is 0 Å². The quantitative estimate of drug-likeness (QED) is 0.166. The summed E-state index contributed by atoms with van der Waals surface area (Å²) in [4.78, 5) is 14.0. The summed E-state index contributed by atoms with van der Waals surface area (Å²) < 4.78 is 6.70. The molecule has 4 nitrogen and oxygen atoms in total. The van der Waals surface area contributed by atoms with Gasteiger partial charge in [-0.05, 0) is 76.9 Å². The zero-order valence-corrected chi connectivity index (χ0v) is 32.1. The van der Waals surface area contributed by atoms with Crippen molar-refractivity contribution in [1.29, 1.82) is 0 Å². The number of fused-ring (bicyclic) bond motifs is 9. The summed E-state index contributed by atoms with van der Waals surface area (Å²) in [6.07, 6.45) is 3.42. The predicted octanol–water partition coefficient (Wildman–Crippen LogP) is 13.9. The van der Waals surface area contributed by atoms with Crippen molar-refractivity contribution in [1.82, 2.24) is 13.5 Å². The van der Waals surface area contributed by atoms with Gasteiger partial charge in [0.05, 0.1) is 38.8 Å². The molecule has 4 heteroatoms. The Hall–Kier alpha value is -7.95. The molecule has 0 aliphatic rings. The highest BCUT2D eigenvalue weighted by molar-refractivity contribution is 6.20.